The Kier molecular flexibility index (Phi) is 5.59. The predicted octanol–water partition coefficient (Wildman–Crippen LogP) is 4.41. The van der Waals surface area contributed by atoms with Gasteiger partial charge in [-0.2, -0.15) is 0 Å². The van der Waals surface area contributed by atoms with Crippen molar-refractivity contribution in [3.8, 4) is 0 Å². The van der Waals surface area contributed by atoms with E-state index >= 15 is 0 Å². The van der Waals surface area contributed by atoms with Gasteiger partial charge in [0.1, 0.15) is 18.0 Å². The molecule has 2 aromatic rings. The molecule has 0 aliphatic rings. The van der Waals surface area contributed by atoms with Gasteiger partial charge in [0.05, 0.1) is 6.61 Å². The molecule has 0 aliphatic heterocycles. The van der Waals surface area contributed by atoms with Crippen molar-refractivity contribution in [1.82, 2.24) is 5.32 Å². The van der Waals surface area contributed by atoms with Gasteiger partial charge in [-0.15, -0.1) is 6.58 Å². The van der Waals surface area contributed by atoms with Gasteiger partial charge in [-0.1, -0.05) is 37.6 Å². The fourth-order valence-corrected chi connectivity index (χ4v) is 2.18. The van der Waals surface area contributed by atoms with Gasteiger partial charge in [0.2, 0.25) is 0 Å². The molecule has 0 radical (unpaired) electrons. The number of para-hydroxylation sites is 1. The number of hydrogen-bond acceptors (Lipinski definition) is 3. The largest absolute Gasteiger partial charge is 0.458 e. The van der Waals surface area contributed by atoms with Gasteiger partial charge in [-0.05, 0) is 19.4 Å². The first kappa shape index (κ1) is 15.8. The van der Waals surface area contributed by atoms with Crippen molar-refractivity contribution in [2.45, 2.75) is 46.4 Å². The second-order valence-corrected chi connectivity index (χ2v) is 5.80. The van der Waals surface area contributed by atoms with Crippen LogP contribution >= 0.6 is 0 Å². The molecule has 3 heteroatoms. The maximum Gasteiger partial charge on any atom is 0.135 e. The van der Waals surface area contributed by atoms with E-state index in [1.807, 2.05) is 25.1 Å². The quantitative estimate of drug-likeness (QED) is 0.576. The standard InChI is InChI=1S/C18H25NO2/c1-13(2)9-10-20-12-18-16(11-19-14(3)4)15-7-5-6-8-17(15)21-18/h5-8,14,19H,1,9-12H2,2-4H3. The van der Waals surface area contributed by atoms with Gasteiger partial charge in [-0.25, -0.2) is 0 Å². The molecule has 1 aromatic heterocycles. The van der Waals surface area contributed by atoms with E-state index in [9.17, 15) is 0 Å². The van der Waals surface area contributed by atoms with Gasteiger partial charge in [0.25, 0.3) is 0 Å². The van der Waals surface area contributed by atoms with Crippen LogP contribution in [0.3, 0.4) is 0 Å². The molecule has 1 aromatic carbocycles. The maximum atomic E-state index is 5.95. The van der Waals surface area contributed by atoms with Gasteiger partial charge < -0.3 is 14.5 Å². The van der Waals surface area contributed by atoms with E-state index < -0.39 is 0 Å². The van der Waals surface area contributed by atoms with Gasteiger partial charge in [0.15, 0.2) is 0 Å². The summed E-state index contributed by atoms with van der Waals surface area (Å²) >= 11 is 0. The van der Waals surface area contributed by atoms with Gasteiger partial charge in [-0.3, -0.25) is 0 Å². The van der Waals surface area contributed by atoms with E-state index in [-0.39, 0.29) is 0 Å². The molecule has 0 fully saturated rings. The summed E-state index contributed by atoms with van der Waals surface area (Å²) in [6.45, 7) is 12.2. The van der Waals surface area contributed by atoms with Crippen LogP contribution in [0.1, 0.15) is 38.5 Å². The van der Waals surface area contributed by atoms with E-state index in [1.54, 1.807) is 0 Å². The molecule has 0 atom stereocenters. The number of fused-ring (bicyclic) bond motifs is 1. The summed E-state index contributed by atoms with van der Waals surface area (Å²) in [6, 6.07) is 8.59. The lowest BCUT2D eigenvalue weighted by molar-refractivity contribution is 0.109. The summed E-state index contributed by atoms with van der Waals surface area (Å²) in [5, 5.41) is 4.63. The van der Waals surface area contributed by atoms with Crippen LogP contribution in [0.5, 0.6) is 0 Å². The van der Waals surface area contributed by atoms with E-state index in [0.29, 0.717) is 19.3 Å². The molecule has 0 spiro atoms. The second kappa shape index (κ2) is 7.43. The van der Waals surface area contributed by atoms with E-state index in [2.05, 4.69) is 31.8 Å². The lowest BCUT2D eigenvalue weighted by Crippen LogP contribution is -2.22. The summed E-state index contributed by atoms with van der Waals surface area (Å²) in [5.41, 5.74) is 3.27. The van der Waals surface area contributed by atoms with Crippen LogP contribution in [0.15, 0.2) is 40.8 Å². The van der Waals surface area contributed by atoms with Crippen LogP contribution in [0.2, 0.25) is 0 Å². The van der Waals surface area contributed by atoms with Crippen LogP contribution < -0.4 is 5.32 Å². The summed E-state index contributed by atoms with van der Waals surface area (Å²) in [7, 11) is 0. The lowest BCUT2D eigenvalue weighted by Gasteiger charge is -2.09. The minimum atomic E-state index is 0.441. The summed E-state index contributed by atoms with van der Waals surface area (Å²) in [6.07, 6.45) is 0.889. The average Bonchev–Trinajstić information content (AvgIpc) is 2.78. The first-order chi connectivity index (χ1) is 10.1. The zero-order valence-electron chi connectivity index (χ0n) is 13.2. The van der Waals surface area contributed by atoms with Crippen molar-refractivity contribution in [3.05, 3.63) is 47.7 Å². The highest BCUT2D eigenvalue weighted by Gasteiger charge is 2.14. The second-order valence-electron chi connectivity index (χ2n) is 5.80. The zero-order chi connectivity index (χ0) is 15.2. The van der Waals surface area contributed by atoms with Crippen LogP contribution in [0.4, 0.5) is 0 Å². The SMILES string of the molecule is C=C(C)CCOCc1oc2ccccc2c1CNC(C)C. The summed E-state index contributed by atoms with van der Waals surface area (Å²) in [4.78, 5) is 0. The van der Waals surface area contributed by atoms with Crippen molar-refractivity contribution < 1.29 is 9.15 Å². The van der Waals surface area contributed by atoms with Crippen molar-refractivity contribution in [2.75, 3.05) is 6.61 Å². The van der Waals surface area contributed by atoms with Crippen molar-refractivity contribution in [1.29, 1.82) is 0 Å². The molecule has 0 amide bonds. The third kappa shape index (κ3) is 4.45. The minimum absolute atomic E-state index is 0.441. The Morgan fingerprint density at radius 3 is 2.81 bits per heavy atom. The molecule has 3 nitrogen and oxygen atoms in total. The number of hydrogen-bond donors (Lipinski definition) is 1. The third-order valence-corrected chi connectivity index (χ3v) is 3.38. The van der Waals surface area contributed by atoms with Crippen molar-refractivity contribution in [2.24, 2.45) is 0 Å². The predicted molar refractivity (Wildman–Crippen MR) is 87.3 cm³/mol. The molecular formula is C18H25NO2. The van der Waals surface area contributed by atoms with Crippen LogP contribution in [0.25, 0.3) is 11.0 Å². The Hall–Kier alpha value is -1.58. The molecule has 0 aliphatic carbocycles. The fraction of sp³-hybridized carbons (Fsp3) is 0.444. The molecule has 21 heavy (non-hydrogen) atoms. The summed E-state index contributed by atoms with van der Waals surface area (Å²) < 4.78 is 11.7. The zero-order valence-corrected chi connectivity index (χ0v) is 13.2. The fourth-order valence-electron chi connectivity index (χ4n) is 2.18. The topological polar surface area (TPSA) is 34.4 Å². The first-order valence-electron chi connectivity index (χ1n) is 7.52. The molecule has 0 bridgehead atoms. The van der Waals surface area contributed by atoms with E-state index in [0.717, 1.165) is 29.9 Å². The Morgan fingerprint density at radius 1 is 1.33 bits per heavy atom. The Bertz CT molecular complexity index is 598. The number of ether oxygens (including phenoxy) is 1. The smallest absolute Gasteiger partial charge is 0.135 e. The highest BCUT2D eigenvalue weighted by molar-refractivity contribution is 5.82. The van der Waals surface area contributed by atoms with E-state index in [4.69, 9.17) is 9.15 Å². The molecule has 0 saturated heterocycles. The number of furan rings is 1. The Labute approximate surface area is 127 Å². The number of nitrogens with one attached hydrogen (secondary N) is 1. The molecule has 0 unspecified atom stereocenters. The molecule has 0 saturated carbocycles. The average molecular weight is 287 g/mol. The van der Waals surface area contributed by atoms with Crippen LogP contribution in [-0.2, 0) is 17.9 Å². The van der Waals surface area contributed by atoms with Crippen LogP contribution in [0, 0.1) is 0 Å². The molecule has 1 heterocycles. The lowest BCUT2D eigenvalue weighted by atomic mass is 10.1. The highest BCUT2D eigenvalue weighted by atomic mass is 16.5. The molecule has 114 valence electrons. The Morgan fingerprint density at radius 2 is 2.10 bits per heavy atom. The number of rotatable bonds is 8. The Balaban J connectivity index is 2.12. The minimum Gasteiger partial charge on any atom is -0.458 e. The molecule has 2 rings (SSSR count). The third-order valence-electron chi connectivity index (χ3n) is 3.38. The van der Waals surface area contributed by atoms with Crippen molar-refractivity contribution >= 4 is 11.0 Å². The maximum absolute atomic E-state index is 5.95. The molecular weight excluding hydrogens is 262 g/mol. The highest BCUT2D eigenvalue weighted by Crippen LogP contribution is 2.26. The van der Waals surface area contributed by atoms with Gasteiger partial charge >= 0.3 is 0 Å². The molecule has 1 N–H and O–H groups in total. The van der Waals surface area contributed by atoms with Crippen LogP contribution in [-0.4, -0.2) is 12.6 Å². The van der Waals surface area contributed by atoms with E-state index in [1.165, 1.54) is 10.9 Å². The van der Waals surface area contributed by atoms with Gasteiger partial charge in [0, 0.05) is 23.5 Å². The first-order valence-corrected chi connectivity index (χ1v) is 7.52. The number of benzene rings is 1. The monoisotopic (exact) mass is 287 g/mol. The normalized spacial score (nSPS) is 11.4. The summed E-state index contributed by atoms with van der Waals surface area (Å²) in [5.74, 6) is 0.922. The van der Waals surface area contributed by atoms with Crippen molar-refractivity contribution in [3.63, 3.8) is 0 Å².